The lowest BCUT2D eigenvalue weighted by Gasteiger charge is -2.30. The summed E-state index contributed by atoms with van der Waals surface area (Å²) >= 11 is 0. The number of halogens is 1. The smallest absolute Gasteiger partial charge is 0.233 e. The Labute approximate surface area is 152 Å². The van der Waals surface area contributed by atoms with Crippen LogP contribution in [0.4, 0.5) is 0 Å². The van der Waals surface area contributed by atoms with E-state index in [-0.39, 0.29) is 23.7 Å². The summed E-state index contributed by atoms with van der Waals surface area (Å²) in [4.78, 5) is 12.2. The van der Waals surface area contributed by atoms with Gasteiger partial charge in [-0.3, -0.25) is 4.79 Å². The molecule has 3 nitrogen and oxygen atoms in total. The number of nitrogens with one attached hydrogen (secondary N) is 2. The second-order valence-corrected chi connectivity index (χ2v) is 7.35. The molecule has 3 rings (SSSR count). The van der Waals surface area contributed by atoms with Gasteiger partial charge in [0, 0.05) is 18.0 Å². The van der Waals surface area contributed by atoms with Gasteiger partial charge in [0.2, 0.25) is 5.91 Å². The molecule has 0 aliphatic heterocycles. The number of carbonyl (C=O) groups excluding carboxylic acids is 1. The van der Waals surface area contributed by atoms with Crippen LogP contribution in [0.5, 0.6) is 0 Å². The zero-order chi connectivity index (χ0) is 16.0. The summed E-state index contributed by atoms with van der Waals surface area (Å²) in [5.74, 6) is 0.151. The van der Waals surface area contributed by atoms with E-state index in [4.69, 9.17) is 0 Å². The average molecular weight is 350 g/mol. The van der Waals surface area contributed by atoms with Gasteiger partial charge < -0.3 is 23.0 Å². The molecule has 1 aromatic rings. The summed E-state index contributed by atoms with van der Waals surface area (Å²) in [5, 5.41) is 6.64. The minimum absolute atomic E-state index is 0. The highest BCUT2D eigenvalue weighted by Crippen LogP contribution is 2.40. The van der Waals surface area contributed by atoms with Gasteiger partial charge in [0.15, 0.2) is 0 Å². The number of amides is 1. The van der Waals surface area contributed by atoms with Gasteiger partial charge >= 0.3 is 0 Å². The van der Waals surface area contributed by atoms with Crippen molar-refractivity contribution >= 4 is 5.91 Å². The molecule has 2 aliphatic rings. The van der Waals surface area contributed by atoms with Gasteiger partial charge in [-0.05, 0) is 31.2 Å². The summed E-state index contributed by atoms with van der Waals surface area (Å²) in [6.07, 6.45) is 11.3. The zero-order valence-corrected chi connectivity index (χ0v) is 15.3. The molecule has 2 aliphatic carbocycles. The van der Waals surface area contributed by atoms with Gasteiger partial charge in [-0.25, -0.2) is 0 Å². The minimum atomic E-state index is 0. The van der Waals surface area contributed by atoms with Crippen molar-refractivity contribution in [2.75, 3.05) is 13.1 Å². The molecule has 0 bridgehead atoms. The summed E-state index contributed by atoms with van der Waals surface area (Å²) in [6.45, 7) is 1.25. The number of hydrogen-bond donors (Lipinski definition) is 2. The second-order valence-electron chi connectivity index (χ2n) is 7.35. The predicted molar refractivity (Wildman–Crippen MR) is 94.5 cm³/mol. The molecule has 0 saturated heterocycles. The largest absolute Gasteiger partial charge is 1.00 e. The quantitative estimate of drug-likeness (QED) is 0.787. The van der Waals surface area contributed by atoms with E-state index in [2.05, 4.69) is 41.0 Å². The van der Waals surface area contributed by atoms with E-state index < -0.39 is 0 Å². The van der Waals surface area contributed by atoms with Crippen molar-refractivity contribution in [3.63, 3.8) is 0 Å². The molecule has 2 N–H and O–H groups in total. The van der Waals surface area contributed by atoms with Crippen molar-refractivity contribution in [1.29, 1.82) is 0 Å². The third-order valence-corrected chi connectivity index (χ3v) is 5.73. The summed E-state index contributed by atoms with van der Waals surface area (Å²) in [6, 6.07) is 11.3. The molecule has 2 fully saturated rings. The molecule has 2 saturated carbocycles. The highest BCUT2D eigenvalue weighted by atomic mass is 35.5. The van der Waals surface area contributed by atoms with Crippen molar-refractivity contribution in [3.8, 4) is 0 Å². The molecule has 0 aromatic heterocycles. The first-order valence-corrected chi connectivity index (χ1v) is 9.34. The second kappa shape index (κ2) is 9.43. The standard InChI is InChI=1S/C20H30N2O.ClH/c23-19(15-21-18-11-5-2-6-12-18)22-16-20(13-7-8-14-20)17-9-3-1-4-10-17;/h1,3-4,9-10,18,21H,2,5-8,11-16H2,(H,22,23);1H/p-1. The maximum atomic E-state index is 12.2. The number of carbonyl (C=O) groups is 1. The normalized spacial score (nSPS) is 20.3. The van der Waals surface area contributed by atoms with E-state index in [9.17, 15) is 4.79 Å². The van der Waals surface area contributed by atoms with Crippen LogP contribution < -0.4 is 23.0 Å². The van der Waals surface area contributed by atoms with Crippen LogP contribution in [-0.4, -0.2) is 25.0 Å². The Morgan fingerprint density at radius 1 is 1.00 bits per heavy atom. The van der Waals surface area contributed by atoms with Crippen LogP contribution in [0.3, 0.4) is 0 Å². The number of benzene rings is 1. The maximum absolute atomic E-state index is 12.2. The van der Waals surface area contributed by atoms with Crippen molar-refractivity contribution < 1.29 is 17.2 Å². The lowest BCUT2D eigenvalue weighted by molar-refractivity contribution is -0.120. The minimum Gasteiger partial charge on any atom is -1.00 e. The van der Waals surface area contributed by atoms with Gasteiger partial charge in [-0.1, -0.05) is 62.4 Å². The first-order valence-electron chi connectivity index (χ1n) is 9.34. The maximum Gasteiger partial charge on any atom is 0.233 e. The Hall–Kier alpha value is -1.06. The molecule has 0 radical (unpaired) electrons. The fourth-order valence-electron chi connectivity index (χ4n) is 4.29. The Bertz CT molecular complexity index is 494. The first-order chi connectivity index (χ1) is 11.3. The van der Waals surface area contributed by atoms with Gasteiger partial charge in [0.05, 0.1) is 6.54 Å². The van der Waals surface area contributed by atoms with E-state index in [0.29, 0.717) is 12.6 Å². The van der Waals surface area contributed by atoms with E-state index in [1.807, 2.05) is 0 Å². The molecule has 24 heavy (non-hydrogen) atoms. The van der Waals surface area contributed by atoms with Crippen LogP contribution in [0.2, 0.25) is 0 Å². The molecule has 0 atom stereocenters. The molecular weight excluding hydrogens is 320 g/mol. The van der Waals surface area contributed by atoms with E-state index in [1.54, 1.807) is 0 Å². The Kier molecular flexibility index (Phi) is 7.57. The van der Waals surface area contributed by atoms with Crippen molar-refractivity contribution in [2.45, 2.75) is 69.2 Å². The molecule has 4 heteroatoms. The molecule has 0 spiro atoms. The van der Waals surface area contributed by atoms with Crippen LogP contribution in [0.1, 0.15) is 63.4 Å². The van der Waals surface area contributed by atoms with Gasteiger partial charge in [-0.15, -0.1) is 0 Å². The third-order valence-electron chi connectivity index (χ3n) is 5.73. The molecule has 0 heterocycles. The fraction of sp³-hybridized carbons (Fsp3) is 0.650. The number of hydrogen-bond acceptors (Lipinski definition) is 2. The highest BCUT2D eigenvalue weighted by molar-refractivity contribution is 5.78. The van der Waals surface area contributed by atoms with E-state index in [0.717, 1.165) is 6.54 Å². The van der Waals surface area contributed by atoms with E-state index >= 15 is 0 Å². The summed E-state index contributed by atoms with van der Waals surface area (Å²) in [7, 11) is 0. The van der Waals surface area contributed by atoms with Gasteiger partial charge in [0.1, 0.15) is 0 Å². The molecule has 1 aromatic carbocycles. The average Bonchev–Trinajstić information content (AvgIpc) is 3.10. The van der Waals surface area contributed by atoms with Crippen LogP contribution in [-0.2, 0) is 10.2 Å². The zero-order valence-electron chi connectivity index (χ0n) is 14.5. The molecule has 1 amide bonds. The molecular formula is C20H30ClN2O-. The highest BCUT2D eigenvalue weighted by Gasteiger charge is 2.35. The van der Waals surface area contributed by atoms with Crippen molar-refractivity contribution in [2.24, 2.45) is 0 Å². The summed E-state index contributed by atoms with van der Waals surface area (Å²) < 4.78 is 0. The molecule has 0 unspecified atom stereocenters. The van der Waals surface area contributed by atoms with Crippen LogP contribution in [0.25, 0.3) is 0 Å². The SMILES string of the molecule is O=C(CNC1CCCCC1)NCC1(c2ccccc2)CCCC1.[Cl-]. The first kappa shape index (κ1) is 19.3. The Morgan fingerprint density at radius 2 is 1.67 bits per heavy atom. The van der Waals surface area contributed by atoms with Crippen LogP contribution >= 0.6 is 0 Å². The van der Waals surface area contributed by atoms with Gasteiger partial charge in [-0.2, -0.15) is 0 Å². The van der Waals surface area contributed by atoms with Crippen molar-refractivity contribution in [1.82, 2.24) is 10.6 Å². The fourth-order valence-corrected chi connectivity index (χ4v) is 4.29. The van der Waals surface area contributed by atoms with Crippen molar-refractivity contribution in [3.05, 3.63) is 35.9 Å². The van der Waals surface area contributed by atoms with E-state index in [1.165, 1.54) is 63.4 Å². The Morgan fingerprint density at radius 3 is 2.33 bits per heavy atom. The topological polar surface area (TPSA) is 41.1 Å². The summed E-state index contributed by atoms with van der Waals surface area (Å²) in [5.41, 5.74) is 1.54. The predicted octanol–water partition coefficient (Wildman–Crippen LogP) is 0.541. The monoisotopic (exact) mass is 349 g/mol. The van der Waals surface area contributed by atoms with Gasteiger partial charge in [0.25, 0.3) is 0 Å². The van der Waals surface area contributed by atoms with Crippen LogP contribution in [0, 0.1) is 0 Å². The Balaban J connectivity index is 0.00000208. The lowest BCUT2D eigenvalue weighted by atomic mass is 9.79. The lowest BCUT2D eigenvalue weighted by Crippen LogP contribution is -3.00. The molecule has 134 valence electrons. The third kappa shape index (κ3) is 4.97. The van der Waals surface area contributed by atoms with Crippen LogP contribution in [0.15, 0.2) is 30.3 Å². The number of rotatable bonds is 6.